The average molecular weight is 273 g/mol. The van der Waals surface area contributed by atoms with E-state index in [1.165, 1.54) is 22.9 Å². The van der Waals surface area contributed by atoms with E-state index in [9.17, 15) is 18.0 Å². The molecule has 0 saturated carbocycles. The highest BCUT2D eigenvalue weighted by atomic mass is 19.4. The largest absolute Gasteiger partial charge is 0.573 e. The fourth-order valence-corrected chi connectivity index (χ4v) is 1.81. The second-order valence-electron chi connectivity index (χ2n) is 3.94. The normalized spacial score (nSPS) is 11.8. The molecule has 0 aliphatic rings. The predicted molar refractivity (Wildman–Crippen MR) is 60.3 cm³/mol. The van der Waals surface area contributed by atoms with E-state index in [-0.39, 0.29) is 12.2 Å². The van der Waals surface area contributed by atoms with Crippen molar-refractivity contribution >= 4 is 16.8 Å². The molecule has 1 amide bonds. The summed E-state index contributed by atoms with van der Waals surface area (Å²) in [5.74, 6) is -0.971. The van der Waals surface area contributed by atoms with Gasteiger partial charge in [-0.2, -0.15) is 5.10 Å². The number of carbonyl (C=O) groups is 1. The smallest absolute Gasteiger partial charge is 0.406 e. The van der Waals surface area contributed by atoms with Crippen LogP contribution in [0.3, 0.4) is 0 Å². The number of aromatic nitrogens is 2. The van der Waals surface area contributed by atoms with Gasteiger partial charge in [0, 0.05) is 12.4 Å². The Morgan fingerprint density at radius 3 is 2.74 bits per heavy atom. The Morgan fingerprint density at radius 1 is 1.47 bits per heavy atom. The van der Waals surface area contributed by atoms with E-state index in [1.54, 1.807) is 7.05 Å². The molecule has 2 aromatic rings. The van der Waals surface area contributed by atoms with E-state index in [0.29, 0.717) is 16.6 Å². The summed E-state index contributed by atoms with van der Waals surface area (Å²) >= 11 is 0. The van der Waals surface area contributed by atoms with Crippen LogP contribution in [-0.2, 0) is 18.3 Å². The van der Waals surface area contributed by atoms with E-state index in [2.05, 4.69) is 9.84 Å². The molecule has 0 unspecified atom stereocenters. The number of hydrogen-bond acceptors (Lipinski definition) is 3. The van der Waals surface area contributed by atoms with Crippen LogP contribution in [0.2, 0.25) is 0 Å². The molecular weight excluding hydrogens is 263 g/mol. The number of amides is 1. The van der Waals surface area contributed by atoms with Gasteiger partial charge in [0.25, 0.3) is 0 Å². The molecule has 0 atom stereocenters. The third kappa shape index (κ3) is 2.95. The van der Waals surface area contributed by atoms with E-state index in [0.717, 1.165) is 0 Å². The van der Waals surface area contributed by atoms with Crippen LogP contribution in [-0.4, -0.2) is 22.1 Å². The maximum Gasteiger partial charge on any atom is 0.573 e. The van der Waals surface area contributed by atoms with Crippen LogP contribution in [0.4, 0.5) is 13.2 Å². The fraction of sp³-hybridized carbons (Fsp3) is 0.273. The molecular formula is C11H10F3N3O2. The number of nitrogens with two attached hydrogens (primary N) is 1. The zero-order valence-electron chi connectivity index (χ0n) is 9.86. The van der Waals surface area contributed by atoms with Gasteiger partial charge in [0.2, 0.25) is 5.91 Å². The number of ether oxygens (including phenoxy) is 1. The third-order valence-electron chi connectivity index (χ3n) is 2.47. The summed E-state index contributed by atoms with van der Waals surface area (Å²) in [6, 6.07) is 3.81. The molecule has 0 aliphatic carbocycles. The zero-order valence-corrected chi connectivity index (χ0v) is 9.86. The monoisotopic (exact) mass is 273 g/mol. The molecule has 19 heavy (non-hydrogen) atoms. The SMILES string of the molecule is Cn1nc(CC(N)=O)c2cc(OC(F)(F)F)ccc21. The first-order valence-electron chi connectivity index (χ1n) is 5.26. The van der Waals surface area contributed by atoms with Crippen molar-refractivity contribution < 1.29 is 22.7 Å². The highest BCUT2D eigenvalue weighted by Crippen LogP contribution is 2.28. The molecule has 2 rings (SSSR count). The number of nitrogens with zero attached hydrogens (tertiary/aromatic N) is 2. The Labute approximate surface area is 105 Å². The summed E-state index contributed by atoms with van der Waals surface area (Å²) < 4.78 is 41.7. The number of carbonyl (C=O) groups excluding carboxylic acids is 1. The summed E-state index contributed by atoms with van der Waals surface area (Å²) in [5, 5.41) is 4.45. The van der Waals surface area contributed by atoms with Crippen LogP contribution in [0.15, 0.2) is 18.2 Å². The van der Waals surface area contributed by atoms with Gasteiger partial charge in [-0.15, -0.1) is 13.2 Å². The molecule has 1 heterocycles. The Kier molecular flexibility index (Phi) is 3.09. The number of aryl methyl sites for hydroxylation is 1. The number of primary amides is 1. The van der Waals surface area contributed by atoms with Gasteiger partial charge in [-0.1, -0.05) is 0 Å². The maximum absolute atomic E-state index is 12.1. The summed E-state index contributed by atoms with van der Waals surface area (Å²) in [5.41, 5.74) is 5.97. The van der Waals surface area contributed by atoms with Crippen molar-refractivity contribution in [2.45, 2.75) is 12.8 Å². The van der Waals surface area contributed by atoms with E-state index >= 15 is 0 Å². The first-order valence-corrected chi connectivity index (χ1v) is 5.26. The highest BCUT2D eigenvalue weighted by molar-refractivity contribution is 5.88. The standard InChI is InChI=1S/C11H10F3N3O2/c1-17-9-3-2-6(19-11(12,13)14)4-7(9)8(16-17)5-10(15)18/h2-4H,5H2,1H3,(H2,15,18). The van der Waals surface area contributed by atoms with E-state index in [4.69, 9.17) is 5.73 Å². The van der Waals surface area contributed by atoms with E-state index < -0.39 is 12.3 Å². The minimum absolute atomic E-state index is 0.146. The fourth-order valence-electron chi connectivity index (χ4n) is 1.81. The van der Waals surface area contributed by atoms with Crippen molar-refractivity contribution in [1.29, 1.82) is 0 Å². The molecule has 2 N–H and O–H groups in total. The van der Waals surface area contributed by atoms with Crippen molar-refractivity contribution in [2.24, 2.45) is 12.8 Å². The lowest BCUT2D eigenvalue weighted by atomic mass is 10.1. The quantitative estimate of drug-likeness (QED) is 0.921. The van der Waals surface area contributed by atoms with Crippen molar-refractivity contribution in [3.05, 3.63) is 23.9 Å². The topological polar surface area (TPSA) is 70.1 Å². The Bertz CT molecular complexity index is 634. The molecule has 1 aromatic heterocycles. The molecule has 0 saturated heterocycles. The number of alkyl halides is 3. The molecule has 0 fully saturated rings. The van der Waals surface area contributed by atoms with Crippen LogP contribution in [0, 0.1) is 0 Å². The van der Waals surface area contributed by atoms with Crippen molar-refractivity contribution in [2.75, 3.05) is 0 Å². The Balaban J connectivity index is 2.47. The van der Waals surface area contributed by atoms with Gasteiger partial charge in [-0.25, -0.2) is 0 Å². The van der Waals surface area contributed by atoms with Gasteiger partial charge in [0.05, 0.1) is 17.6 Å². The molecule has 1 aromatic carbocycles. The minimum atomic E-state index is -4.76. The van der Waals surface area contributed by atoms with Crippen LogP contribution >= 0.6 is 0 Å². The van der Waals surface area contributed by atoms with Crippen LogP contribution < -0.4 is 10.5 Å². The zero-order chi connectivity index (χ0) is 14.2. The summed E-state index contributed by atoms with van der Waals surface area (Å²) in [7, 11) is 1.62. The Morgan fingerprint density at radius 2 is 2.16 bits per heavy atom. The lowest BCUT2D eigenvalue weighted by Crippen LogP contribution is -2.17. The first-order chi connectivity index (χ1) is 8.76. The van der Waals surface area contributed by atoms with Crippen molar-refractivity contribution in [1.82, 2.24) is 9.78 Å². The number of hydrogen-bond donors (Lipinski definition) is 1. The predicted octanol–water partition coefficient (Wildman–Crippen LogP) is 1.50. The molecule has 0 aliphatic heterocycles. The molecule has 5 nitrogen and oxygen atoms in total. The minimum Gasteiger partial charge on any atom is -0.406 e. The lowest BCUT2D eigenvalue weighted by molar-refractivity contribution is -0.274. The molecule has 0 spiro atoms. The van der Waals surface area contributed by atoms with Crippen LogP contribution in [0.25, 0.3) is 10.9 Å². The summed E-state index contributed by atoms with van der Waals surface area (Å²) in [4.78, 5) is 10.9. The van der Waals surface area contributed by atoms with Crippen molar-refractivity contribution in [3.8, 4) is 5.75 Å². The van der Waals surface area contributed by atoms with E-state index in [1.807, 2.05) is 0 Å². The molecule has 0 radical (unpaired) electrons. The van der Waals surface area contributed by atoms with Gasteiger partial charge >= 0.3 is 6.36 Å². The van der Waals surface area contributed by atoms with Gasteiger partial charge in [-0.3, -0.25) is 9.48 Å². The summed E-state index contributed by atoms with van der Waals surface area (Å²) in [6.07, 6.45) is -4.91. The molecule has 8 heteroatoms. The van der Waals surface area contributed by atoms with Crippen LogP contribution in [0.1, 0.15) is 5.69 Å². The average Bonchev–Trinajstić information content (AvgIpc) is 2.52. The second kappa shape index (κ2) is 4.45. The van der Waals surface area contributed by atoms with Gasteiger partial charge < -0.3 is 10.5 Å². The van der Waals surface area contributed by atoms with Crippen LogP contribution in [0.5, 0.6) is 5.75 Å². The first kappa shape index (κ1) is 13.2. The van der Waals surface area contributed by atoms with Gasteiger partial charge in [0.1, 0.15) is 5.75 Å². The number of benzene rings is 1. The second-order valence-corrected chi connectivity index (χ2v) is 3.94. The number of fused-ring (bicyclic) bond motifs is 1. The van der Waals surface area contributed by atoms with Gasteiger partial charge in [0.15, 0.2) is 0 Å². The lowest BCUT2D eigenvalue weighted by Gasteiger charge is -2.08. The molecule has 102 valence electrons. The molecule has 0 bridgehead atoms. The Hall–Kier alpha value is -2.25. The van der Waals surface area contributed by atoms with Gasteiger partial charge in [-0.05, 0) is 18.2 Å². The summed E-state index contributed by atoms with van der Waals surface area (Å²) in [6.45, 7) is 0. The van der Waals surface area contributed by atoms with Crippen molar-refractivity contribution in [3.63, 3.8) is 0 Å². The number of halogens is 3. The maximum atomic E-state index is 12.1. The third-order valence-corrected chi connectivity index (χ3v) is 2.47. The highest BCUT2D eigenvalue weighted by Gasteiger charge is 2.31. The number of rotatable bonds is 3.